The predicted molar refractivity (Wildman–Crippen MR) is 152 cm³/mol. The van der Waals surface area contributed by atoms with Crippen LogP contribution >= 0.6 is 0 Å². The molecule has 9 heteroatoms. The zero-order valence-corrected chi connectivity index (χ0v) is 24.3. The van der Waals surface area contributed by atoms with Crippen molar-refractivity contribution in [2.24, 2.45) is 5.92 Å². The Morgan fingerprint density at radius 2 is 1.64 bits per heavy atom. The van der Waals surface area contributed by atoms with Gasteiger partial charge in [-0.2, -0.15) is 0 Å². The number of aliphatic hydroxyl groups is 1. The highest BCUT2D eigenvalue weighted by molar-refractivity contribution is 6.00. The van der Waals surface area contributed by atoms with E-state index >= 15 is 0 Å². The van der Waals surface area contributed by atoms with Crippen molar-refractivity contribution in [2.45, 2.75) is 79.5 Å². The number of hydrogen-bond donors (Lipinski definition) is 4. The van der Waals surface area contributed by atoms with E-state index in [4.69, 9.17) is 4.74 Å². The average molecular weight is 542 g/mol. The summed E-state index contributed by atoms with van der Waals surface area (Å²) in [5.74, 6) is -1.26. The number of carbonyl (C=O) groups excluding carboxylic acids is 3. The zero-order valence-electron chi connectivity index (χ0n) is 24.3. The number of benzene rings is 2. The maximum Gasteiger partial charge on any atom is 0.408 e. The third-order valence-electron chi connectivity index (χ3n) is 6.60. The second-order valence-corrected chi connectivity index (χ2v) is 11.0. The normalized spacial score (nSPS) is 13.7. The molecule has 4 N–H and O–H groups in total. The molecule has 3 unspecified atom stereocenters. The van der Waals surface area contributed by atoms with E-state index in [0.717, 1.165) is 11.1 Å². The van der Waals surface area contributed by atoms with Crippen molar-refractivity contribution in [1.82, 2.24) is 10.2 Å². The molecular weight excluding hydrogens is 498 g/mol. The van der Waals surface area contributed by atoms with Crippen molar-refractivity contribution in [3.8, 4) is 5.75 Å². The van der Waals surface area contributed by atoms with Crippen LogP contribution in [-0.4, -0.2) is 57.8 Å². The summed E-state index contributed by atoms with van der Waals surface area (Å²) in [5, 5.41) is 25.8. The van der Waals surface area contributed by atoms with Gasteiger partial charge in [-0.25, -0.2) is 4.79 Å². The van der Waals surface area contributed by atoms with Gasteiger partial charge in [-0.3, -0.25) is 9.59 Å². The molecule has 0 radical (unpaired) electrons. The molecule has 0 aliphatic heterocycles. The van der Waals surface area contributed by atoms with E-state index in [1.807, 2.05) is 45.9 Å². The molecule has 0 bridgehead atoms. The van der Waals surface area contributed by atoms with Crippen molar-refractivity contribution < 1.29 is 29.3 Å². The summed E-state index contributed by atoms with van der Waals surface area (Å²) < 4.78 is 5.40. The lowest BCUT2D eigenvalue weighted by Crippen LogP contribution is -2.55. The molecular formula is C30H43N3O6. The number of anilines is 1. The second-order valence-electron chi connectivity index (χ2n) is 11.0. The number of ether oxygens (including phenoxy) is 1. The largest absolute Gasteiger partial charge is 0.508 e. The Bertz CT molecular complexity index is 1150. The molecule has 2 aromatic rings. The molecule has 0 aliphatic carbocycles. The minimum Gasteiger partial charge on any atom is -0.508 e. The number of aliphatic hydroxyl groups excluding tert-OH is 1. The van der Waals surface area contributed by atoms with E-state index < -0.39 is 42.2 Å². The van der Waals surface area contributed by atoms with Crippen LogP contribution in [0.3, 0.4) is 0 Å². The van der Waals surface area contributed by atoms with Gasteiger partial charge in [-0.05, 0) is 81.8 Å². The second kappa shape index (κ2) is 13.5. The fraction of sp³-hybridized carbons (Fsp3) is 0.500. The zero-order chi connectivity index (χ0) is 29.5. The third kappa shape index (κ3) is 8.45. The number of aryl methyl sites for hydroxylation is 3. The number of para-hydroxylation sites is 1. The number of alkyl carbamates (subject to hydrolysis) is 1. The molecule has 0 spiro atoms. The first-order valence-electron chi connectivity index (χ1n) is 13.3. The van der Waals surface area contributed by atoms with Crippen LogP contribution in [0, 0.1) is 26.7 Å². The third-order valence-corrected chi connectivity index (χ3v) is 6.60. The lowest BCUT2D eigenvalue weighted by molar-refractivity contribution is -0.142. The first kappa shape index (κ1) is 31.6. The smallest absolute Gasteiger partial charge is 0.408 e. The van der Waals surface area contributed by atoms with Crippen molar-refractivity contribution in [3.63, 3.8) is 0 Å². The van der Waals surface area contributed by atoms with Gasteiger partial charge in [0.1, 0.15) is 23.4 Å². The molecule has 0 heterocycles. The lowest BCUT2D eigenvalue weighted by Gasteiger charge is -2.36. The van der Waals surface area contributed by atoms with Crippen molar-refractivity contribution >= 4 is 23.6 Å². The summed E-state index contributed by atoms with van der Waals surface area (Å²) in [6, 6.07) is 8.17. The van der Waals surface area contributed by atoms with Gasteiger partial charge in [0.05, 0.1) is 6.61 Å². The highest BCUT2D eigenvalue weighted by atomic mass is 16.6. The van der Waals surface area contributed by atoms with Crippen LogP contribution in [0.1, 0.15) is 69.3 Å². The summed E-state index contributed by atoms with van der Waals surface area (Å²) in [6.07, 6.45) is -0.182. The maximum absolute atomic E-state index is 14.1. The number of hydrogen-bond acceptors (Lipinski definition) is 6. The molecule has 0 fully saturated rings. The van der Waals surface area contributed by atoms with Crippen LogP contribution in [0.4, 0.5) is 10.5 Å². The van der Waals surface area contributed by atoms with E-state index in [0.29, 0.717) is 23.2 Å². The van der Waals surface area contributed by atoms with Crippen LogP contribution in [-0.2, 0) is 14.3 Å². The van der Waals surface area contributed by atoms with Gasteiger partial charge in [-0.1, -0.05) is 44.5 Å². The first-order valence-corrected chi connectivity index (χ1v) is 13.3. The monoisotopic (exact) mass is 541 g/mol. The quantitative estimate of drug-likeness (QED) is 0.343. The molecule has 3 amide bonds. The molecule has 0 saturated carbocycles. The predicted octanol–water partition coefficient (Wildman–Crippen LogP) is 4.76. The SMILES string of the molecule is CCC(C)C(NC(=O)OC(C)(C)C)C(=O)N(CCO)C(C(=O)Nc1c(C)cccc1C)c1ccc(O)c(C)c1. The van der Waals surface area contributed by atoms with Crippen molar-refractivity contribution in [2.75, 3.05) is 18.5 Å². The van der Waals surface area contributed by atoms with Gasteiger partial charge in [0.15, 0.2) is 0 Å². The van der Waals surface area contributed by atoms with Gasteiger partial charge < -0.3 is 30.5 Å². The Hall–Kier alpha value is -3.59. The summed E-state index contributed by atoms with van der Waals surface area (Å²) in [6.45, 7) is 13.8. The topological polar surface area (TPSA) is 128 Å². The number of phenols is 1. The summed E-state index contributed by atoms with van der Waals surface area (Å²) in [5.41, 5.74) is 2.55. The molecule has 9 nitrogen and oxygen atoms in total. The van der Waals surface area contributed by atoms with Gasteiger partial charge >= 0.3 is 6.09 Å². The number of phenolic OH excluding ortho intramolecular Hbond substituents is 1. The first-order chi connectivity index (χ1) is 18.2. The fourth-order valence-corrected chi connectivity index (χ4v) is 4.30. The van der Waals surface area contributed by atoms with Crippen LogP contribution in [0.2, 0.25) is 0 Å². The van der Waals surface area contributed by atoms with Crippen molar-refractivity contribution in [1.29, 1.82) is 0 Å². The van der Waals surface area contributed by atoms with Gasteiger partial charge in [-0.15, -0.1) is 0 Å². The molecule has 39 heavy (non-hydrogen) atoms. The van der Waals surface area contributed by atoms with Crippen LogP contribution in [0.15, 0.2) is 36.4 Å². The standard InChI is InChI=1S/C30H43N3O6/c1-9-18(2)25(32-29(38)39-30(6,7)8)28(37)33(15-16-34)26(22-13-14-23(35)21(5)17-22)27(36)31-24-19(3)11-10-12-20(24)4/h10-14,17-18,25-26,34-35H,9,15-16H2,1-8H3,(H,31,36)(H,32,38). The van der Waals surface area contributed by atoms with E-state index in [1.165, 1.54) is 11.0 Å². The van der Waals surface area contributed by atoms with E-state index in [9.17, 15) is 24.6 Å². The summed E-state index contributed by atoms with van der Waals surface area (Å²) >= 11 is 0. The Labute approximate surface area is 231 Å². The number of amides is 3. The number of nitrogens with zero attached hydrogens (tertiary/aromatic N) is 1. The molecule has 0 aliphatic rings. The number of rotatable bonds is 10. The highest BCUT2D eigenvalue weighted by Gasteiger charge is 2.38. The molecule has 2 rings (SSSR count). The van der Waals surface area contributed by atoms with Crippen LogP contribution in [0.25, 0.3) is 0 Å². The van der Waals surface area contributed by atoms with Gasteiger partial charge in [0, 0.05) is 12.2 Å². The molecule has 0 aromatic heterocycles. The van der Waals surface area contributed by atoms with E-state index in [1.54, 1.807) is 39.8 Å². The lowest BCUT2D eigenvalue weighted by atomic mass is 9.95. The van der Waals surface area contributed by atoms with Gasteiger partial charge in [0.2, 0.25) is 5.91 Å². The minimum atomic E-state index is -1.16. The van der Waals surface area contributed by atoms with E-state index in [2.05, 4.69) is 10.6 Å². The Balaban J connectivity index is 2.60. The number of carbonyl (C=O) groups is 3. The Morgan fingerprint density at radius 1 is 1.03 bits per heavy atom. The van der Waals surface area contributed by atoms with E-state index in [-0.39, 0.29) is 18.2 Å². The highest BCUT2D eigenvalue weighted by Crippen LogP contribution is 2.30. The Kier molecular flexibility index (Phi) is 10.9. The Morgan fingerprint density at radius 3 is 2.15 bits per heavy atom. The number of nitrogens with one attached hydrogen (secondary N) is 2. The average Bonchev–Trinajstić information content (AvgIpc) is 2.84. The van der Waals surface area contributed by atoms with Crippen molar-refractivity contribution in [3.05, 3.63) is 58.7 Å². The van der Waals surface area contributed by atoms with Crippen LogP contribution < -0.4 is 10.6 Å². The summed E-state index contributed by atoms with van der Waals surface area (Å²) in [4.78, 5) is 42.0. The minimum absolute atomic E-state index is 0.0526. The molecule has 0 saturated heterocycles. The van der Waals surface area contributed by atoms with Gasteiger partial charge in [0.25, 0.3) is 5.91 Å². The number of aromatic hydroxyl groups is 1. The summed E-state index contributed by atoms with van der Waals surface area (Å²) in [7, 11) is 0. The molecule has 2 aromatic carbocycles. The maximum atomic E-state index is 14.1. The molecule has 214 valence electrons. The van der Waals surface area contributed by atoms with Crippen LogP contribution in [0.5, 0.6) is 5.75 Å². The fourth-order valence-electron chi connectivity index (χ4n) is 4.30. The molecule has 3 atom stereocenters.